The summed E-state index contributed by atoms with van der Waals surface area (Å²) >= 11 is 0. The van der Waals surface area contributed by atoms with Gasteiger partial charge in [-0.1, -0.05) is 20.8 Å². The monoisotopic (exact) mass is 434 g/mol. The summed E-state index contributed by atoms with van der Waals surface area (Å²) in [6.45, 7) is 13.9. The van der Waals surface area contributed by atoms with Gasteiger partial charge in [-0.15, -0.1) is 0 Å². The molecular weight excluding hydrogens is 392 g/mol. The largest absolute Gasteiger partial charge is 0.371 e. The maximum absolute atomic E-state index is 4.85. The highest BCUT2D eigenvalue weighted by atomic mass is 15.1. The van der Waals surface area contributed by atoms with E-state index in [2.05, 4.69) is 72.9 Å². The lowest BCUT2D eigenvalue weighted by molar-refractivity contribution is 0.279. The van der Waals surface area contributed by atoms with Gasteiger partial charge in [0.25, 0.3) is 0 Å². The molecule has 0 amide bonds. The fourth-order valence-corrected chi connectivity index (χ4v) is 5.61. The Kier molecular flexibility index (Phi) is 7.70. The smallest absolute Gasteiger partial charge is 0.0553 e. The molecule has 32 heavy (non-hydrogen) atoms. The summed E-state index contributed by atoms with van der Waals surface area (Å²) < 4.78 is 0. The van der Waals surface area contributed by atoms with E-state index in [0.29, 0.717) is 0 Å². The van der Waals surface area contributed by atoms with E-state index in [-0.39, 0.29) is 0 Å². The number of piperidine rings is 2. The van der Waals surface area contributed by atoms with Crippen molar-refractivity contribution in [2.45, 2.75) is 66.2 Å². The van der Waals surface area contributed by atoms with E-state index in [1.54, 1.807) is 0 Å². The first kappa shape index (κ1) is 23.1. The Balaban J connectivity index is 1.23. The SMILES string of the molecule is Cc1cc(N2CCC(C(C)CCc3ccc(N4CCCC(C(C)C)C4)cn3)CC2)ccn1. The maximum Gasteiger partial charge on any atom is 0.0553 e. The Bertz CT molecular complexity index is 839. The molecule has 2 aromatic rings. The van der Waals surface area contributed by atoms with Crippen molar-refractivity contribution in [1.29, 1.82) is 0 Å². The van der Waals surface area contributed by atoms with Crippen LogP contribution in [0.15, 0.2) is 36.7 Å². The van der Waals surface area contributed by atoms with Crippen molar-refractivity contribution < 1.29 is 0 Å². The van der Waals surface area contributed by atoms with Crippen LogP contribution >= 0.6 is 0 Å². The summed E-state index contributed by atoms with van der Waals surface area (Å²) in [7, 11) is 0. The van der Waals surface area contributed by atoms with Gasteiger partial charge in [0, 0.05) is 49.5 Å². The molecule has 0 saturated carbocycles. The van der Waals surface area contributed by atoms with Gasteiger partial charge in [0.05, 0.1) is 11.9 Å². The molecule has 4 heteroatoms. The highest BCUT2D eigenvalue weighted by Gasteiger charge is 2.25. The molecule has 0 radical (unpaired) electrons. The fourth-order valence-electron chi connectivity index (χ4n) is 5.61. The zero-order chi connectivity index (χ0) is 22.5. The first-order valence-corrected chi connectivity index (χ1v) is 12.9. The number of nitrogens with zero attached hydrogens (tertiary/aromatic N) is 4. The van der Waals surface area contributed by atoms with Crippen LogP contribution in [0.2, 0.25) is 0 Å². The Hall–Kier alpha value is -2.10. The van der Waals surface area contributed by atoms with Gasteiger partial charge >= 0.3 is 0 Å². The van der Waals surface area contributed by atoms with Crippen LogP contribution in [0.25, 0.3) is 0 Å². The van der Waals surface area contributed by atoms with Crippen molar-refractivity contribution in [1.82, 2.24) is 9.97 Å². The van der Waals surface area contributed by atoms with Gasteiger partial charge < -0.3 is 9.80 Å². The first-order chi connectivity index (χ1) is 15.5. The third kappa shape index (κ3) is 5.82. The number of aryl methyl sites for hydroxylation is 2. The second-order valence-electron chi connectivity index (χ2n) is 10.6. The van der Waals surface area contributed by atoms with Crippen molar-refractivity contribution in [3.05, 3.63) is 48.0 Å². The summed E-state index contributed by atoms with van der Waals surface area (Å²) in [4.78, 5) is 14.3. The molecule has 2 aliphatic heterocycles. The Labute approximate surface area is 195 Å². The van der Waals surface area contributed by atoms with E-state index in [1.807, 2.05) is 6.20 Å². The number of hydrogen-bond donors (Lipinski definition) is 0. The predicted octanol–water partition coefficient (Wildman–Crippen LogP) is 6.14. The molecule has 0 bridgehead atoms. The molecule has 4 rings (SSSR count). The van der Waals surface area contributed by atoms with Gasteiger partial charge in [0.1, 0.15) is 0 Å². The lowest BCUT2D eigenvalue weighted by Crippen LogP contribution is -2.37. The molecule has 174 valence electrons. The van der Waals surface area contributed by atoms with Gasteiger partial charge in [-0.05, 0) is 93.4 Å². The molecule has 2 unspecified atom stereocenters. The van der Waals surface area contributed by atoms with Crippen molar-refractivity contribution >= 4 is 11.4 Å². The van der Waals surface area contributed by atoms with E-state index < -0.39 is 0 Å². The number of pyridine rings is 2. The van der Waals surface area contributed by atoms with Crippen LogP contribution in [0.1, 0.15) is 64.3 Å². The van der Waals surface area contributed by atoms with E-state index in [0.717, 1.165) is 35.8 Å². The summed E-state index contributed by atoms with van der Waals surface area (Å²) in [6, 6.07) is 8.95. The van der Waals surface area contributed by atoms with Crippen LogP contribution in [-0.2, 0) is 6.42 Å². The van der Waals surface area contributed by atoms with Crippen LogP contribution in [0.3, 0.4) is 0 Å². The fraction of sp³-hybridized carbons (Fsp3) is 0.643. The second-order valence-corrected chi connectivity index (χ2v) is 10.6. The summed E-state index contributed by atoms with van der Waals surface area (Å²) in [5.41, 5.74) is 5.01. The van der Waals surface area contributed by atoms with Gasteiger partial charge in [-0.3, -0.25) is 9.97 Å². The van der Waals surface area contributed by atoms with Gasteiger partial charge in [-0.2, -0.15) is 0 Å². The lowest BCUT2D eigenvalue weighted by Gasteiger charge is -2.36. The van der Waals surface area contributed by atoms with Crippen LogP contribution in [0, 0.1) is 30.6 Å². The number of aromatic nitrogens is 2. The molecule has 4 heterocycles. The van der Waals surface area contributed by atoms with Gasteiger partial charge in [0.2, 0.25) is 0 Å². The Morgan fingerprint density at radius 2 is 1.72 bits per heavy atom. The van der Waals surface area contributed by atoms with E-state index in [9.17, 15) is 0 Å². The van der Waals surface area contributed by atoms with Crippen LogP contribution in [0.5, 0.6) is 0 Å². The quantitative estimate of drug-likeness (QED) is 0.524. The molecule has 2 aromatic heterocycles. The summed E-state index contributed by atoms with van der Waals surface area (Å²) in [5.74, 6) is 3.17. The van der Waals surface area contributed by atoms with Crippen molar-refractivity contribution in [3.8, 4) is 0 Å². The predicted molar refractivity (Wildman–Crippen MR) is 135 cm³/mol. The van der Waals surface area contributed by atoms with E-state index in [4.69, 9.17) is 4.98 Å². The van der Waals surface area contributed by atoms with Crippen LogP contribution in [-0.4, -0.2) is 36.1 Å². The second kappa shape index (κ2) is 10.7. The maximum atomic E-state index is 4.85. The average molecular weight is 435 g/mol. The Morgan fingerprint density at radius 1 is 0.906 bits per heavy atom. The molecule has 0 N–H and O–H groups in total. The Morgan fingerprint density at radius 3 is 2.41 bits per heavy atom. The highest BCUT2D eigenvalue weighted by molar-refractivity contribution is 5.47. The standard InChI is InChI=1S/C28H42N4/c1-21(2)25-6-5-15-32(20-25)28-10-9-26(30-19-28)8-7-22(3)24-12-16-31(17-13-24)27-11-14-29-23(4)18-27/h9-11,14,18-19,21-22,24-25H,5-8,12-13,15-17,20H2,1-4H3. The number of hydrogen-bond acceptors (Lipinski definition) is 4. The average Bonchev–Trinajstić information content (AvgIpc) is 2.83. The van der Waals surface area contributed by atoms with E-state index >= 15 is 0 Å². The van der Waals surface area contributed by atoms with Crippen molar-refractivity contribution in [3.63, 3.8) is 0 Å². The van der Waals surface area contributed by atoms with Crippen LogP contribution in [0.4, 0.5) is 11.4 Å². The van der Waals surface area contributed by atoms with Gasteiger partial charge in [-0.25, -0.2) is 0 Å². The first-order valence-electron chi connectivity index (χ1n) is 12.9. The minimum Gasteiger partial charge on any atom is -0.371 e. The zero-order valence-corrected chi connectivity index (χ0v) is 20.6. The number of rotatable bonds is 7. The van der Waals surface area contributed by atoms with Crippen molar-refractivity contribution in [2.24, 2.45) is 23.7 Å². The summed E-state index contributed by atoms with van der Waals surface area (Å²) in [6.07, 6.45) is 11.7. The molecular formula is C28H42N4. The molecule has 0 spiro atoms. The van der Waals surface area contributed by atoms with Gasteiger partial charge in [0.15, 0.2) is 0 Å². The molecule has 2 fully saturated rings. The highest BCUT2D eigenvalue weighted by Crippen LogP contribution is 2.31. The van der Waals surface area contributed by atoms with E-state index in [1.165, 1.54) is 75.4 Å². The zero-order valence-electron chi connectivity index (χ0n) is 20.6. The van der Waals surface area contributed by atoms with Crippen molar-refractivity contribution in [2.75, 3.05) is 36.0 Å². The molecule has 0 aromatic carbocycles. The van der Waals surface area contributed by atoms with Crippen LogP contribution < -0.4 is 9.80 Å². The summed E-state index contributed by atoms with van der Waals surface area (Å²) in [5, 5.41) is 0. The lowest BCUT2D eigenvalue weighted by atomic mass is 9.82. The molecule has 2 aliphatic rings. The molecule has 2 atom stereocenters. The molecule has 2 saturated heterocycles. The molecule has 4 nitrogen and oxygen atoms in total. The normalized spacial score (nSPS) is 21.2. The minimum absolute atomic E-state index is 0.756. The third-order valence-electron chi connectivity index (χ3n) is 8.02. The molecule has 0 aliphatic carbocycles. The topological polar surface area (TPSA) is 32.3 Å². The third-order valence-corrected chi connectivity index (χ3v) is 8.02. The minimum atomic E-state index is 0.756. The number of anilines is 2.